The second kappa shape index (κ2) is 9.77. The third-order valence-electron chi connectivity index (χ3n) is 5.18. The van der Waals surface area contributed by atoms with Gasteiger partial charge in [0.1, 0.15) is 5.75 Å². The molecule has 1 aliphatic rings. The number of hydrogen-bond acceptors (Lipinski definition) is 6. The van der Waals surface area contributed by atoms with E-state index in [1.165, 1.54) is 19.2 Å². The summed E-state index contributed by atoms with van der Waals surface area (Å²) in [5, 5.41) is 27.4. The van der Waals surface area contributed by atoms with Crippen molar-refractivity contribution in [1.29, 1.82) is 0 Å². The van der Waals surface area contributed by atoms with Crippen molar-refractivity contribution in [1.82, 2.24) is 5.32 Å². The Hall–Kier alpha value is -2.84. The number of carbonyl (C=O) groups is 1. The van der Waals surface area contributed by atoms with Crippen molar-refractivity contribution in [3.05, 3.63) is 62.7 Å². The van der Waals surface area contributed by atoms with E-state index < -0.39 is 10.8 Å². The molecule has 0 aliphatic heterocycles. The molecule has 1 fully saturated rings. The zero-order valence-corrected chi connectivity index (χ0v) is 17.3. The smallest absolute Gasteiger partial charge is 0.270 e. The second-order valence-corrected chi connectivity index (χ2v) is 7.70. The number of anilines is 1. The van der Waals surface area contributed by atoms with Crippen molar-refractivity contribution in [3.8, 4) is 5.75 Å². The lowest BCUT2D eigenvalue weighted by atomic mass is 9.92. The molecule has 0 aromatic heterocycles. The summed E-state index contributed by atoms with van der Waals surface area (Å²) in [5.74, 6) is 0.110. The van der Waals surface area contributed by atoms with E-state index in [0.29, 0.717) is 29.3 Å². The fourth-order valence-electron chi connectivity index (χ4n) is 3.50. The number of rotatable bonds is 7. The number of amides is 1. The summed E-state index contributed by atoms with van der Waals surface area (Å²) in [6.07, 6.45) is 2.61. The predicted octanol–water partition coefficient (Wildman–Crippen LogP) is 3.90. The van der Waals surface area contributed by atoms with Crippen LogP contribution in [0.3, 0.4) is 0 Å². The van der Waals surface area contributed by atoms with Crippen molar-refractivity contribution in [2.24, 2.45) is 0 Å². The minimum atomic E-state index is -0.527. The van der Waals surface area contributed by atoms with Gasteiger partial charge >= 0.3 is 0 Å². The van der Waals surface area contributed by atoms with E-state index in [4.69, 9.17) is 16.3 Å². The van der Waals surface area contributed by atoms with Crippen LogP contribution in [0.25, 0.3) is 0 Å². The summed E-state index contributed by atoms with van der Waals surface area (Å²) >= 11 is 6.12. The number of aliphatic hydroxyl groups excluding tert-OH is 1. The maximum atomic E-state index is 12.8. The van der Waals surface area contributed by atoms with Crippen molar-refractivity contribution in [2.45, 2.75) is 44.4 Å². The van der Waals surface area contributed by atoms with Crippen molar-refractivity contribution < 1.29 is 19.6 Å². The number of methoxy groups -OCH3 is 1. The van der Waals surface area contributed by atoms with E-state index in [2.05, 4.69) is 10.6 Å². The Labute approximate surface area is 179 Å². The number of nitro benzene ring substituents is 1. The molecule has 1 amide bonds. The topological polar surface area (TPSA) is 114 Å². The fourth-order valence-corrected chi connectivity index (χ4v) is 3.78. The first-order valence-corrected chi connectivity index (χ1v) is 10.1. The Balaban J connectivity index is 1.75. The van der Waals surface area contributed by atoms with Gasteiger partial charge in [0, 0.05) is 30.4 Å². The van der Waals surface area contributed by atoms with Gasteiger partial charge in [-0.2, -0.15) is 0 Å². The highest BCUT2D eigenvalue weighted by Crippen LogP contribution is 2.28. The lowest BCUT2D eigenvalue weighted by Gasteiger charge is -2.27. The van der Waals surface area contributed by atoms with Gasteiger partial charge in [0.05, 0.1) is 28.7 Å². The van der Waals surface area contributed by atoms with Crippen LogP contribution in [-0.4, -0.2) is 35.2 Å². The van der Waals surface area contributed by atoms with Crippen LogP contribution in [0.2, 0.25) is 5.02 Å². The van der Waals surface area contributed by atoms with E-state index >= 15 is 0 Å². The lowest BCUT2D eigenvalue weighted by molar-refractivity contribution is -0.384. The van der Waals surface area contributed by atoms with Crippen LogP contribution in [-0.2, 0) is 6.54 Å². The Morgan fingerprint density at radius 3 is 2.60 bits per heavy atom. The van der Waals surface area contributed by atoms with Gasteiger partial charge in [-0.25, -0.2) is 0 Å². The first-order valence-electron chi connectivity index (χ1n) is 9.71. The van der Waals surface area contributed by atoms with Gasteiger partial charge in [0.2, 0.25) is 0 Å². The molecule has 2 aromatic carbocycles. The van der Waals surface area contributed by atoms with Crippen molar-refractivity contribution in [2.75, 3.05) is 12.4 Å². The molecule has 8 nitrogen and oxygen atoms in total. The van der Waals surface area contributed by atoms with Gasteiger partial charge in [-0.3, -0.25) is 14.9 Å². The molecule has 0 heterocycles. The van der Waals surface area contributed by atoms with Gasteiger partial charge in [-0.1, -0.05) is 17.7 Å². The number of aliphatic hydroxyl groups is 1. The highest BCUT2D eigenvalue weighted by Gasteiger charge is 2.22. The summed E-state index contributed by atoms with van der Waals surface area (Å²) in [4.78, 5) is 23.5. The zero-order valence-electron chi connectivity index (χ0n) is 16.6. The summed E-state index contributed by atoms with van der Waals surface area (Å²) in [6, 6.07) is 9.49. The van der Waals surface area contributed by atoms with Crippen molar-refractivity contribution >= 4 is 28.9 Å². The van der Waals surface area contributed by atoms with E-state index in [0.717, 1.165) is 18.4 Å². The predicted molar refractivity (Wildman–Crippen MR) is 114 cm³/mol. The molecule has 2 aromatic rings. The van der Waals surface area contributed by atoms with Gasteiger partial charge in [-0.15, -0.1) is 0 Å². The molecule has 160 valence electrons. The first kappa shape index (κ1) is 21.9. The maximum absolute atomic E-state index is 12.8. The summed E-state index contributed by atoms with van der Waals surface area (Å²) < 4.78 is 5.12. The van der Waals surface area contributed by atoms with E-state index in [1.807, 2.05) is 0 Å². The van der Waals surface area contributed by atoms with Gasteiger partial charge < -0.3 is 20.5 Å². The number of nitro groups is 1. The van der Waals surface area contributed by atoms with Gasteiger partial charge in [0.15, 0.2) is 0 Å². The molecular weight excluding hydrogens is 410 g/mol. The molecule has 0 saturated heterocycles. The maximum Gasteiger partial charge on any atom is 0.270 e. The molecule has 0 atom stereocenters. The number of nitrogens with zero attached hydrogens (tertiary/aromatic N) is 1. The number of benzene rings is 2. The van der Waals surface area contributed by atoms with Crippen molar-refractivity contribution in [3.63, 3.8) is 0 Å². The van der Waals surface area contributed by atoms with E-state index in [1.54, 1.807) is 24.3 Å². The molecule has 30 heavy (non-hydrogen) atoms. The SMILES string of the molecule is COc1ccc(CNC(=O)c2cc([N+](=O)[O-])ccc2N[C@H]2CC[C@H](O)CC2)cc1Cl. The fraction of sp³-hybridized carbons (Fsp3) is 0.381. The third-order valence-corrected chi connectivity index (χ3v) is 5.48. The van der Waals surface area contributed by atoms with Crippen LogP contribution < -0.4 is 15.4 Å². The second-order valence-electron chi connectivity index (χ2n) is 7.29. The Morgan fingerprint density at radius 2 is 1.97 bits per heavy atom. The number of nitrogens with one attached hydrogen (secondary N) is 2. The average Bonchev–Trinajstić information content (AvgIpc) is 2.74. The molecule has 0 spiro atoms. The minimum absolute atomic E-state index is 0.0989. The van der Waals surface area contributed by atoms with Crippen LogP contribution >= 0.6 is 11.6 Å². The summed E-state index contributed by atoms with van der Waals surface area (Å²) in [7, 11) is 1.52. The van der Waals surface area contributed by atoms with Crippen LogP contribution in [0.1, 0.15) is 41.6 Å². The van der Waals surface area contributed by atoms with E-state index in [-0.39, 0.29) is 29.9 Å². The normalized spacial score (nSPS) is 18.5. The highest BCUT2D eigenvalue weighted by molar-refractivity contribution is 6.32. The van der Waals surface area contributed by atoms with Gasteiger partial charge in [0.25, 0.3) is 11.6 Å². The number of carbonyl (C=O) groups excluding carboxylic acids is 1. The van der Waals surface area contributed by atoms with Gasteiger partial charge in [-0.05, 0) is 49.4 Å². The number of halogens is 1. The molecule has 3 N–H and O–H groups in total. The monoisotopic (exact) mass is 433 g/mol. The van der Waals surface area contributed by atoms with E-state index in [9.17, 15) is 20.0 Å². The average molecular weight is 434 g/mol. The van der Waals surface area contributed by atoms with Crippen LogP contribution in [0.15, 0.2) is 36.4 Å². The molecule has 1 aliphatic carbocycles. The Morgan fingerprint density at radius 1 is 1.23 bits per heavy atom. The first-order chi connectivity index (χ1) is 14.4. The third kappa shape index (κ3) is 5.40. The molecule has 9 heteroatoms. The number of hydrogen-bond donors (Lipinski definition) is 3. The summed E-state index contributed by atoms with van der Waals surface area (Å²) in [6.45, 7) is 0.209. The van der Waals surface area contributed by atoms with Crippen LogP contribution in [0, 0.1) is 10.1 Å². The molecular formula is C21H24ClN3O5. The minimum Gasteiger partial charge on any atom is -0.495 e. The standard InChI is InChI=1S/C21H24ClN3O5/c1-30-20-9-2-13(10-18(20)22)12-23-21(27)17-11-15(25(28)29)5-8-19(17)24-14-3-6-16(26)7-4-14/h2,5,8-11,14,16,24,26H,3-4,6-7,12H2,1H3,(H,23,27)/t14-,16-. The lowest BCUT2D eigenvalue weighted by Crippen LogP contribution is -2.30. The molecule has 0 radical (unpaired) electrons. The summed E-state index contributed by atoms with van der Waals surface area (Å²) in [5.41, 5.74) is 1.36. The zero-order chi connectivity index (χ0) is 21.7. The molecule has 0 bridgehead atoms. The quantitative estimate of drug-likeness (QED) is 0.450. The molecule has 0 unspecified atom stereocenters. The Bertz CT molecular complexity index is 929. The number of non-ortho nitro benzene ring substituents is 1. The largest absolute Gasteiger partial charge is 0.495 e. The van der Waals surface area contributed by atoms with Crippen LogP contribution in [0.5, 0.6) is 5.75 Å². The number of ether oxygens (including phenoxy) is 1. The molecule has 1 saturated carbocycles. The van der Waals surface area contributed by atoms with Crippen LogP contribution in [0.4, 0.5) is 11.4 Å². The Kier molecular flexibility index (Phi) is 7.12. The highest BCUT2D eigenvalue weighted by atomic mass is 35.5. The molecule has 3 rings (SSSR count).